The number of likely N-dealkylation sites (N-methyl/N-ethyl adjacent to an activating group) is 1. The smallest absolute Gasteiger partial charge is 0.276 e. The lowest BCUT2D eigenvalue weighted by atomic mass is 9.94. The van der Waals surface area contributed by atoms with Crippen molar-refractivity contribution in [2.45, 2.75) is 12.1 Å². The lowest BCUT2D eigenvalue weighted by Crippen LogP contribution is -2.73. The summed E-state index contributed by atoms with van der Waals surface area (Å²) in [6.45, 7) is 0.684. The number of thiazole rings is 1. The average Bonchev–Trinajstić information content (AvgIpc) is 3.14. The molecule has 2 amide bonds. The molecule has 0 bridgehead atoms. The number of aromatic nitrogens is 1. The molecule has 2 aliphatic heterocycles. The lowest BCUT2D eigenvalue weighted by Gasteiger charge is -2.50. The molecule has 172 valence electrons. The molecule has 1 aromatic rings. The van der Waals surface area contributed by atoms with Gasteiger partial charge >= 0.3 is 0 Å². The van der Waals surface area contributed by atoms with Crippen molar-refractivity contribution >= 4 is 51.7 Å². The van der Waals surface area contributed by atoms with Crippen LogP contribution in [-0.4, -0.2) is 90.5 Å². The van der Waals surface area contributed by atoms with E-state index in [0.29, 0.717) is 21.7 Å². The SMILES string of the molecule is CO/N=C(/C(=O)N[C@@H]1C(=O)N2C(C(=O)[O-])=C(/C=C\C[N+](C)(C)C)SC[C@H]12)c1csc(N)n1. The molecular formula is C19H24N6O5S2. The third-order valence-corrected chi connectivity index (χ3v) is 6.49. The molecule has 1 aromatic heterocycles. The van der Waals surface area contributed by atoms with Crippen LogP contribution in [0.25, 0.3) is 0 Å². The van der Waals surface area contributed by atoms with E-state index in [9.17, 15) is 19.5 Å². The number of fused-ring (bicyclic) bond motifs is 1. The van der Waals surface area contributed by atoms with E-state index in [4.69, 9.17) is 10.6 Å². The van der Waals surface area contributed by atoms with Crippen LogP contribution >= 0.6 is 23.1 Å². The van der Waals surface area contributed by atoms with Crippen molar-refractivity contribution < 1.29 is 28.8 Å². The highest BCUT2D eigenvalue weighted by atomic mass is 32.2. The highest BCUT2D eigenvalue weighted by molar-refractivity contribution is 8.03. The van der Waals surface area contributed by atoms with Crippen LogP contribution < -0.4 is 16.2 Å². The van der Waals surface area contributed by atoms with E-state index in [1.54, 1.807) is 11.5 Å². The zero-order valence-corrected chi connectivity index (χ0v) is 19.7. The summed E-state index contributed by atoms with van der Waals surface area (Å²) in [5, 5.41) is 19.9. The fraction of sp³-hybridized carbons (Fsp3) is 0.421. The van der Waals surface area contributed by atoms with Gasteiger partial charge in [-0.05, 0) is 12.2 Å². The summed E-state index contributed by atoms with van der Waals surface area (Å²) >= 11 is 2.43. The molecule has 2 atom stereocenters. The van der Waals surface area contributed by atoms with E-state index < -0.39 is 29.9 Å². The third-order valence-electron chi connectivity index (χ3n) is 4.67. The van der Waals surface area contributed by atoms with Crippen molar-refractivity contribution in [1.82, 2.24) is 15.2 Å². The summed E-state index contributed by atoms with van der Waals surface area (Å²) in [5.41, 5.74) is 5.52. The van der Waals surface area contributed by atoms with Crippen molar-refractivity contribution in [2.75, 3.05) is 46.3 Å². The molecule has 0 spiro atoms. The Bertz CT molecular complexity index is 1030. The second kappa shape index (κ2) is 9.30. The molecule has 11 nitrogen and oxygen atoms in total. The lowest BCUT2D eigenvalue weighted by molar-refractivity contribution is -0.864. The number of oxime groups is 1. The van der Waals surface area contributed by atoms with Crippen molar-refractivity contribution in [2.24, 2.45) is 5.16 Å². The zero-order chi connectivity index (χ0) is 23.6. The Kier molecular flexibility index (Phi) is 6.91. The van der Waals surface area contributed by atoms with Gasteiger partial charge in [0.25, 0.3) is 11.8 Å². The monoisotopic (exact) mass is 480 g/mol. The van der Waals surface area contributed by atoms with Crippen LogP contribution in [0, 0.1) is 0 Å². The van der Waals surface area contributed by atoms with Gasteiger partial charge in [0.05, 0.1) is 45.4 Å². The summed E-state index contributed by atoms with van der Waals surface area (Å²) in [7, 11) is 7.31. The molecule has 0 aromatic carbocycles. The fourth-order valence-electron chi connectivity index (χ4n) is 3.22. The first kappa shape index (κ1) is 23.8. The number of quaternary nitrogens is 1. The molecule has 1 fully saturated rings. The van der Waals surface area contributed by atoms with Crippen LogP contribution in [0.4, 0.5) is 5.13 Å². The number of amides is 2. The van der Waals surface area contributed by atoms with E-state index in [0.717, 1.165) is 11.3 Å². The zero-order valence-electron chi connectivity index (χ0n) is 18.0. The first-order valence-corrected chi connectivity index (χ1v) is 11.4. The number of carbonyl (C=O) groups excluding carboxylic acids is 3. The minimum absolute atomic E-state index is 0.130. The van der Waals surface area contributed by atoms with E-state index in [1.165, 1.54) is 23.8 Å². The van der Waals surface area contributed by atoms with Crippen LogP contribution in [0.3, 0.4) is 0 Å². The van der Waals surface area contributed by atoms with Gasteiger partial charge in [0.2, 0.25) is 0 Å². The van der Waals surface area contributed by atoms with E-state index in [-0.39, 0.29) is 22.2 Å². The number of nitrogens with one attached hydrogen (secondary N) is 1. The van der Waals surface area contributed by atoms with Crippen molar-refractivity contribution in [1.29, 1.82) is 0 Å². The second-order valence-corrected chi connectivity index (χ2v) is 10.1. The van der Waals surface area contributed by atoms with Gasteiger partial charge in [0.15, 0.2) is 10.8 Å². The molecule has 13 heteroatoms. The molecule has 0 unspecified atom stereocenters. The molecule has 0 aliphatic carbocycles. The Hall–Kier alpha value is -2.90. The van der Waals surface area contributed by atoms with Gasteiger partial charge in [-0.15, -0.1) is 23.1 Å². The van der Waals surface area contributed by atoms with Gasteiger partial charge in [-0.2, -0.15) is 0 Å². The molecule has 0 saturated carbocycles. The molecule has 32 heavy (non-hydrogen) atoms. The number of β-lactam (4-membered cyclic amide) rings is 1. The molecule has 2 aliphatic rings. The normalized spacial score (nSPS) is 21.4. The number of anilines is 1. The average molecular weight is 481 g/mol. The van der Waals surface area contributed by atoms with Gasteiger partial charge in [-0.3, -0.25) is 9.59 Å². The molecule has 1 saturated heterocycles. The number of hydrogen-bond donors (Lipinski definition) is 2. The Balaban J connectivity index is 1.78. The van der Waals surface area contributed by atoms with Crippen LogP contribution in [0.15, 0.2) is 33.3 Å². The van der Waals surface area contributed by atoms with E-state index in [1.807, 2.05) is 27.2 Å². The third kappa shape index (κ3) is 4.95. The Morgan fingerprint density at radius 1 is 1.47 bits per heavy atom. The Morgan fingerprint density at radius 2 is 2.19 bits per heavy atom. The van der Waals surface area contributed by atoms with Gasteiger partial charge < -0.3 is 35.2 Å². The van der Waals surface area contributed by atoms with Crippen LogP contribution in [0.1, 0.15) is 5.69 Å². The number of nitrogens with zero attached hydrogens (tertiary/aromatic N) is 4. The predicted molar refractivity (Wildman–Crippen MR) is 119 cm³/mol. The topological polar surface area (TPSA) is 150 Å². The van der Waals surface area contributed by atoms with Crippen molar-refractivity contribution in [3.8, 4) is 0 Å². The number of hydrogen-bond acceptors (Lipinski definition) is 10. The fourth-order valence-corrected chi connectivity index (χ4v) is 4.97. The van der Waals surface area contributed by atoms with Gasteiger partial charge in [-0.25, -0.2) is 4.98 Å². The largest absolute Gasteiger partial charge is 0.543 e. The Labute approximate surface area is 193 Å². The first-order valence-electron chi connectivity index (χ1n) is 9.55. The van der Waals surface area contributed by atoms with Crippen LogP contribution in [0.2, 0.25) is 0 Å². The number of carboxylic acids is 1. The maximum absolute atomic E-state index is 12.8. The molecule has 3 N–H and O–H groups in total. The summed E-state index contributed by atoms with van der Waals surface area (Å²) in [5.74, 6) is -2.23. The number of allylic oxidation sites excluding steroid dienone is 1. The summed E-state index contributed by atoms with van der Waals surface area (Å²) in [6, 6.07) is -1.43. The maximum Gasteiger partial charge on any atom is 0.276 e. The number of nitrogen functional groups attached to an aromatic ring is 1. The Morgan fingerprint density at radius 3 is 2.75 bits per heavy atom. The summed E-state index contributed by atoms with van der Waals surface area (Å²) in [6.07, 6.45) is 3.56. The van der Waals surface area contributed by atoms with E-state index in [2.05, 4.69) is 15.5 Å². The number of carbonyl (C=O) groups is 3. The standard InChI is InChI=1S/C19H24N6O5S2/c1-25(2,3)7-5-6-12-15(18(28)29)24-11(9-31-12)14(17(24)27)22-16(26)13(23-30-4)10-8-32-19(20)21-10/h5-6,8,11,14H,7,9H2,1-4H3,(H3-,20,21,22,26,28,29)/b6-5-,23-13+/t11-,14+/m1/s1. The minimum Gasteiger partial charge on any atom is -0.543 e. The van der Waals surface area contributed by atoms with Gasteiger partial charge in [0.1, 0.15) is 18.8 Å². The molecule has 3 heterocycles. The first-order chi connectivity index (χ1) is 15.0. The number of carboxylic acid groups (broad SMARTS) is 1. The van der Waals surface area contributed by atoms with Crippen LogP contribution in [-0.2, 0) is 19.2 Å². The second-order valence-electron chi connectivity index (χ2n) is 8.11. The summed E-state index contributed by atoms with van der Waals surface area (Å²) in [4.78, 5) is 47.7. The number of aliphatic carboxylic acids is 1. The quantitative estimate of drug-likeness (QED) is 0.203. The molecule has 0 radical (unpaired) electrons. The minimum atomic E-state index is -1.44. The number of thioether (sulfide) groups is 1. The maximum atomic E-state index is 12.8. The molecule has 3 rings (SSSR count). The van der Waals surface area contributed by atoms with Crippen molar-refractivity contribution in [3.63, 3.8) is 0 Å². The highest BCUT2D eigenvalue weighted by Crippen LogP contribution is 2.39. The van der Waals surface area contributed by atoms with E-state index >= 15 is 0 Å². The van der Waals surface area contributed by atoms with Gasteiger partial charge in [0, 0.05) is 16.0 Å². The molecular weight excluding hydrogens is 456 g/mol. The highest BCUT2D eigenvalue weighted by Gasteiger charge is 2.52. The van der Waals surface area contributed by atoms with Gasteiger partial charge in [-0.1, -0.05) is 5.16 Å². The predicted octanol–water partition coefficient (Wildman–Crippen LogP) is -1.26. The van der Waals surface area contributed by atoms with Crippen molar-refractivity contribution in [3.05, 3.63) is 33.8 Å². The van der Waals surface area contributed by atoms with Crippen LogP contribution in [0.5, 0.6) is 0 Å². The number of nitrogens with two attached hydrogens (primary N) is 1. The summed E-state index contributed by atoms with van der Waals surface area (Å²) < 4.78 is 0.671. The number of rotatable bonds is 8.